The summed E-state index contributed by atoms with van der Waals surface area (Å²) in [4.78, 5) is 14.9. The topological polar surface area (TPSA) is 32.3 Å². The van der Waals surface area contributed by atoms with Crippen molar-refractivity contribution in [2.24, 2.45) is 0 Å². The van der Waals surface area contributed by atoms with Crippen LogP contribution >= 0.6 is 22.9 Å². The minimum atomic E-state index is -0.0762. The van der Waals surface area contributed by atoms with Gasteiger partial charge in [-0.15, -0.1) is 11.3 Å². The van der Waals surface area contributed by atoms with Crippen LogP contribution in [-0.4, -0.2) is 18.0 Å². The number of rotatable bonds is 4. The van der Waals surface area contributed by atoms with Crippen molar-refractivity contribution < 1.29 is 4.79 Å². The molecule has 0 spiro atoms. The van der Waals surface area contributed by atoms with Gasteiger partial charge in [0.1, 0.15) is 0 Å². The molecular weight excluding hydrogens is 292 g/mol. The Morgan fingerprint density at radius 2 is 2.00 bits per heavy atom. The lowest BCUT2D eigenvalue weighted by Gasteiger charge is -2.18. The molecule has 0 aliphatic carbocycles. The summed E-state index contributed by atoms with van der Waals surface area (Å²) < 4.78 is 0. The second kappa shape index (κ2) is 6.77. The molecule has 3 nitrogen and oxygen atoms in total. The number of benzene rings is 1. The summed E-state index contributed by atoms with van der Waals surface area (Å²) in [6, 6.07) is 9.50. The van der Waals surface area contributed by atoms with Crippen LogP contribution in [0.3, 0.4) is 0 Å². The fourth-order valence-corrected chi connectivity index (χ4v) is 2.78. The molecule has 1 aromatic heterocycles. The van der Waals surface area contributed by atoms with E-state index in [1.54, 1.807) is 23.3 Å². The first-order chi connectivity index (χ1) is 9.56. The predicted molar refractivity (Wildman–Crippen MR) is 84.2 cm³/mol. The first kappa shape index (κ1) is 14.9. The average Bonchev–Trinajstić information content (AvgIpc) is 2.84. The lowest BCUT2D eigenvalue weighted by atomic mass is 10.2. The van der Waals surface area contributed by atoms with E-state index in [2.05, 4.69) is 18.3 Å². The number of aryl methyl sites for hydroxylation is 1. The lowest BCUT2D eigenvalue weighted by molar-refractivity contribution is 0.206. The second-order valence-corrected chi connectivity index (χ2v) is 6.11. The van der Waals surface area contributed by atoms with Crippen LogP contribution in [-0.2, 0) is 13.1 Å². The molecule has 0 saturated carbocycles. The monoisotopic (exact) mass is 308 g/mol. The highest BCUT2D eigenvalue weighted by Crippen LogP contribution is 2.15. The average molecular weight is 309 g/mol. The van der Waals surface area contributed by atoms with Gasteiger partial charge in [0.2, 0.25) is 0 Å². The molecule has 0 bridgehead atoms. The summed E-state index contributed by atoms with van der Waals surface area (Å²) in [7, 11) is 1.78. The van der Waals surface area contributed by atoms with E-state index in [-0.39, 0.29) is 6.03 Å². The maximum absolute atomic E-state index is 12.0. The molecule has 0 radical (unpaired) electrons. The van der Waals surface area contributed by atoms with E-state index < -0.39 is 0 Å². The zero-order valence-corrected chi connectivity index (χ0v) is 13.1. The zero-order chi connectivity index (χ0) is 14.5. The van der Waals surface area contributed by atoms with Gasteiger partial charge in [-0.3, -0.25) is 0 Å². The van der Waals surface area contributed by atoms with Crippen LogP contribution in [0, 0.1) is 6.92 Å². The quantitative estimate of drug-likeness (QED) is 0.908. The largest absolute Gasteiger partial charge is 0.333 e. The van der Waals surface area contributed by atoms with Crippen LogP contribution in [0.5, 0.6) is 0 Å². The van der Waals surface area contributed by atoms with Gasteiger partial charge >= 0.3 is 6.03 Å². The first-order valence-electron chi connectivity index (χ1n) is 6.32. The van der Waals surface area contributed by atoms with Gasteiger partial charge in [-0.2, -0.15) is 0 Å². The van der Waals surface area contributed by atoms with Gasteiger partial charge in [-0.05, 0) is 41.6 Å². The summed E-state index contributed by atoms with van der Waals surface area (Å²) >= 11 is 7.50. The fourth-order valence-electron chi connectivity index (χ4n) is 1.81. The Hall–Kier alpha value is -1.52. The summed E-state index contributed by atoms with van der Waals surface area (Å²) in [5, 5.41) is 5.67. The zero-order valence-electron chi connectivity index (χ0n) is 11.5. The number of hydrogen-bond acceptors (Lipinski definition) is 2. The Morgan fingerprint density at radius 3 is 2.60 bits per heavy atom. The Labute approximate surface area is 128 Å². The van der Waals surface area contributed by atoms with Crippen molar-refractivity contribution in [2.45, 2.75) is 20.0 Å². The van der Waals surface area contributed by atoms with Crippen LogP contribution in [0.4, 0.5) is 4.79 Å². The highest BCUT2D eigenvalue weighted by Gasteiger charge is 2.09. The normalized spacial score (nSPS) is 10.3. The highest BCUT2D eigenvalue weighted by molar-refractivity contribution is 7.10. The molecule has 2 aromatic rings. The number of amides is 2. The minimum absolute atomic E-state index is 0.0762. The molecule has 5 heteroatoms. The molecule has 0 aliphatic rings. The van der Waals surface area contributed by atoms with Gasteiger partial charge in [-0.1, -0.05) is 23.7 Å². The van der Waals surface area contributed by atoms with Crippen LogP contribution < -0.4 is 5.32 Å². The van der Waals surface area contributed by atoms with E-state index in [1.165, 1.54) is 10.4 Å². The molecule has 2 rings (SSSR count). The minimum Gasteiger partial charge on any atom is -0.333 e. The molecule has 0 saturated heterocycles. The van der Waals surface area contributed by atoms with E-state index >= 15 is 0 Å². The lowest BCUT2D eigenvalue weighted by Crippen LogP contribution is -2.36. The number of halogens is 1. The second-order valence-electron chi connectivity index (χ2n) is 4.67. The van der Waals surface area contributed by atoms with E-state index in [0.717, 1.165) is 5.56 Å². The van der Waals surface area contributed by atoms with Crippen molar-refractivity contribution in [1.29, 1.82) is 0 Å². The SMILES string of the molecule is Cc1ccsc1CNC(=O)N(C)Cc1ccc(Cl)cc1. The van der Waals surface area contributed by atoms with Gasteiger partial charge in [0.15, 0.2) is 0 Å². The number of urea groups is 1. The number of thiophene rings is 1. The van der Waals surface area contributed by atoms with Crippen molar-refractivity contribution in [2.75, 3.05) is 7.05 Å². The number of nitrogens with zero attached hydrogens (tertiary/aromatic N) is 1. The van der Waals surface area contributed by atoms with Crippen molar-refractivity contribution in [3.05, 3.63) is 56.7 Å². The number of carbonyl (C=O) groups is 1. The molecule has 1 aromatic carbocycles. The Bertz CT molecular complexity index is 580. The molecule has 1 heterocycles. The van der Waals surface area contributed by atoms with E-state index in [4.69, 9.17) is 11.6 Å². The van der Waals surface area contributed by atoms with Gasteiger partial charge in [-0.25, -0.2) is 4.79 Å². The summed E-state index contributed by atoms with van der Waals surface area (Å²) in [6.07, 6.45) is 0. The van der Waals surface area contributed by atoms with Crippen molar-refractivity contribution in [1.82, 2.24) is 10.2 Å². The molecule has 0 unspecified atom stereocenters. The summed E-state index contributed by atoms with van der Waals surface area (Å²) in [5.41, 5.74) is 2.27. The predicted octanol–water partition coefficient (Wildman–Crippen LogP) is 4.05. The van der Waals surface area contributed by atoms with Gasteiger partial charge in [0, 0.05) is 23.5 Å². The fraction of sp³-hybridized carbons (Fsp3) is 0.267. The Kier molecular flexibility index (Phi) is 5.04. The first-order valence-corrected chi connectivity index (χ1v) is 7.58. The van der Waals surface area contributed by atoms with Gasteiger partial charge in [0.05, 0.1) is 6.54 Å². The molecule has 106 valence electrons. The molecule has 1 N–H and O–H groups in total. The van der Waals surface area contributed by atoms with E-state index in [0.29, 0.717) is 18.1 Å². The molecule has 0 atom stereocenters. The van der Waals surface area contributed by atoms with Gasteiger partial charge < -0.3 is 10.2 Å². The summed E-state index contributed by atoms with van der Waals surface area (Å²) in [6.45, 7) is 3.19. The van der Waals surface area contributed by atoms with Gasteiger partial charge in [0.25, 0.3) is 0 Å². The third-order valence-corrected chi connectivity index (χ3v) is 4.32. The van der Waals surface area contributed by atoms with Crippen LogP contribution in [0.1, 0.15) is 16.0 Å². The maximum Gasteiger partial charge on any atom is 0.317 e. The highest BCUT2D eigenvalue weighted by atomic mass is 35.5. The van der Waals surface area contributed by atoms with Crippen molar-refractivity contribution in [3.8, 4) is 0 Å². The Balaban J connectivity index is 1.86. The third-order valence-electron chi connectivity index (χ3n) is 3.05. The van der Waals surface area contributed by atoms with Crippen LogP contribution in [0.2, 0.25) is 5.02 Å². The smallest absolute Gasteiger partial charge is 0.317 e. The molecular formula is C15H17ClN2OS. The van der Waals surface area contributed by atoms with Crippen molar-refractivity contribution >= 4 is 29.0 Å². The molecule has 0 aliphatic heterocycles. The number of hydrogen-bond donors (Lipinski definition) is 1. The number of carbonyl (C=O) groups excluding carboxylic acids is 1. The standard InChI is InChI=1S/C15H17ClN2OS/c1-11-7-8-20-14(11)9-17-15(19)18(2)10-12-3-5-13(16)6-4-12/h3-8H,9-10H2,1-2H3,(H,17,19). The number of nitrogens with one attached hydrogen (secondary N) is 1. The summed E-state index contributed by atoms with van der Waals surface area (Å²) in [5.74, 6) is 0. The third kappa shape index (κ3) is 3.99. The molecule has 20 heavy (non-hydrogen) atoms. The molecule has 2 amide bonds. The van der Waals surface area contributed by atoms with E-state index in [9.17, 15) is 4.79 Å². The van der Waals surface area contributed by atoms with Crippen molar-refractivity contribution in [3.63, 3.8) is 0 Å². The van der Waals surface area contributed by atoms with Crippen LogP contribution in [0.15, 0.2) is 35.7 Å². The van der Waals surface area contributed by atoms with E-state index in [1.807, 2.05) is 29.6 Å². The maximum atomic E-state index is 12.0. The molecule has 0 fully saturated rings. The van der Waals surface area contributed by atoms with Crippen LogP contribution in [0.25, 0.3) is 0 Å². The Morgan fingerprint density at radius 1 is 1.30 bits per heavy atom.